The number of esters is 2. The Labute approximate surface area is 144 Å². The quantitative estimate of drug-likeness (QED) is 0.570. The highest BCUT2D eigenvalue weighted by Crippen LogP contribution is 2.60. The van der Waals surface area contributed by atoms with E-state index in [0.717, 1.165) is 31.6 Å². The van der Waals surface area contributed by atoms with Crippen molar-refractivity contribution in [1.82, 2.24) is 0 Å². The van der Waals surface area contributed by atoms with E-state index in [1.54, 1.807) is 0 Å². The Hall–Kier alpha value is -1.32. The molecule has 4 heteroatoms. The molecule has 4 rings (SSSR count). The van der Waals surface area contributed by atoms with Crippen LogP contribution in [0.5, 0.6) is 0 Å². The summed E-state index contributed by atoms with van der Waals surface area (Å²) in [5, 5.41) is 0. The average Bonchev–Trinajstić information content (AvgIpc) is 3.31. The van der Waals surface area contributed by atoms with Crippen molar-refractivity contribution in [3.05, 3.63) is 12.2 Å². The second kappa shape index (κ2) is 5.60. The maximum atomic E-state index is 12.3. The van der Waals surface area contributed by atoms with Gasteiger partial charge >= 0.3 is 11.9 Å². The van der Waals surface area contributed by atoms with Gasteiger partial charge in [-0.15, -0.1) is 0 Å². The van der Waals surface area contributed by atoms with Crippen LogP contribution < -0.4 is 0 Å². The molecule has 24 heavy (non-hydrogen) atoms. The molecule has 3 fully saturated rings. The summed E-state index contributed by atoms with van der Waals surface area (Å²) in [6.07, 6.45) is 12.2. The maximum Gasteiger partial charge on any atom is 0.344 e. The molecule has 0 N–H and O–H groups in total. The van der Waals surface area contributed by atoms with Crippen LogP contribution >= 0.6 is 0 Å². The molecule has 0 aliphatic heterocycles. The van der Waals surface area contributed by atoms with Gasteiger partial charge in [-0.2, -0.15) is 0 Å². The zero-order valence-corrected chi connectivity index (χ0v) is 14.8. The number of carbonyl (C=O) groups is 2. The summed E-state index contributed by atoms with van der Waals surface area (Å²) in [6.45, 7) is 3.81. The zero-order valence-electron chi connectivity index (χ0n) is 14.8. The first-order valence-corrected chi connectivity index (χ1v) is 9.45. The van der Waals surface area contributed by atoms with Crippen LogP contribution in [0.25, 0.3) is 0 Å². The van der Waals surface area contributed by atoms with Crippen molar-refractivity contribution >= 4 is 11.9 Å². The standard InChI is InChI=1S/C20H28O4/c1-19(2,20-7-5-13(11-20)6-8-20)24-17(21)12-23-18(22)16-10-14-3-4-15(16)9-14/h3-4,13-16H,5-12H2,1-2H3. The van der Waals surface area contributed by atoms with E-state index in [-0.39, 0.29) is 23.9 Å². The molecule has 3 unspecified atom stereocenters. The van der Waals surface area contributed by atoms with Crippen molar-refractivity contribution < 1.29 is 19.1 Å². The van der Waals surface area contributed by atoms with Crippen LogP contribution in [0.15, 0.2) is 12.2 Å². The molecule has 4 nitrogen and oxygen atoms in total. The fraction of sp³-hybridized carbons (Fsp3) is 0.800. The van der Waals surface area contributed by atoms with Crippen LogP contribution in [0, 0.1) is 29.1 Å². The van der Waals surface area contributed by atoms with E-state index >= 15 is 0 Å². The Bertz CT molecular complexity index is 568. The Morgan fingerprint density at radius 2 is 1.92 bits per heavy atom. The molecule has 3 saturated carbocycles. The number of rotatable bonds is 5. The maximum absolute atomic E-state index is 12.3. The lowest BCUT2D eigenvalue weighted by molar-refractivity contribution is -0.180. The topological polar surface area (TPSA) is 52.6 Å². The lowest BCUT2D eigenvalue weighted by Crippen LogP contribution is -2.45. The molecule has 0 aromatic carbocycles. The first-order valence-electron chi connectivity index (χ1n) is 9.45. The van der Waals surface area contributed by atoms with Crippen molar-refractivity contribution in [3.8, 4) is 0 Å². The summed E-state index contributed by atoms with van der Waals surface area (Å²) in [5.41, 5.74) is -0.344. The molecule has 3 atom stereocenters. The summed E-state index contributed by atoms with van der Waals surface area (Å²) in [4.78, 5) is 24.5. The molecular formula is C20H28O4. The van der Waals surface area contributed by atoms with Crippen molar-refractivity contribution in [2.45, 2.75) is 64.4 Å². The lowest BCUT2D eigenvalue weighted by atomic mass is 9.71. The Morgan fingerprint density at radius 1 is 1.17 bits per heavy atom. The number of hydrogen-bond acceptors (Lipinski definition) is 4. The van der Waals surface area contributed by atoms with Gasteiger partial charge in [-0.05, 0) is 76.5 Å². The normalized spacial score (nSPS) is 39.4. The van der Waals surface area contributed by atoms with Crippen LogP contribution in [0.1, 0.15) is 58.8 Å². The highest BCUT2D eigenvalue weighted by Gasteiger charge is 2.55. The SMILES string of the molecule is CC(C)(OC(=O)COC(=O)C1CC2C=CC1C2)C12CCC(CC1)C2. The van der Waals surface area contributed by atoms with Crippen molar-refractivity contribution in [1.29, 1.82) is 0 Å². The summed E-state index contributed by atoms with van der Waals surface area (Å²) < 4.78 is 11.1. The molecule has 0 aromatic rings. The molecule has 0 saturated heterocycles. The Kier molecular flexibility index (Phi) is 3.77. The van der Waals surface area contributed by atoms with Crippen molar-refractivity contribution in [2.75, 3.05) is 6.61 Å². The molecule has 0 radical (unpaired) electrons. The zero-order chi connectivity index (χ0) is 16.9. The minimum atomic E-state index is -0.475. The molecule has 0 spiro atoms. The van der Waals surface area contributed by atoms with Crippen LogP contribution in [-0.4, -0.2) is 24.1 Å². The number of ether oxygens (including phenoxy) is 2. The second-order valence-corrected chi connectivity index (χ2v) is 8.91. The van der Waals surface area contributed by atoms with Crippen molar-refractivity contribution in [2.24, 2.45) is 29.1 Å². The predicted molar refractivity (Wildman–Crippen MR) is 89.0 cm³/mol. The smallest absolute Gasteiger partial charge is 0.344 e. The van der Waals surface area contributed by atoms with Crippen LogP contribution in [0.4, 0.5) is 0 Å². The summed E-state index contributed by atoms with van der Waals surface area (Å²) >= 11 is 0. The van der Waals surface area contributed by atoms with Gasteiger partial charge in [0, 0.05) is 5.41 Å². The molecular weight excluding hydrogens is 304 g/mol. The van der Waals surface area contributed by atoms with Gasteiger partial charge in [-0.25, -0.2) is 4.79 Å². The molecule has 4 aliphatic carbocycles. The van der Waals surface area contributed by atoms with Gasteiger partial charge < -0.3 is 9.47 Å². The average molecular weight is 332 g/mol. The first-order chi connectivity index (χ1) is 11.4. The first kappa shape index (κ1) is 16.2. The predicted octanol–water partition coefficient (Wildman–Crippen LogP) is 3.64. The minimum absolute atomic E-state index is 0.0650. The van der Waals surface area contributed by atoms with Gasteiger partial charge in [0.15, 0.2) is 6.61 Å². The summed E-state index contributed by atoms with van der Waals surface area (Å²) in [6, 6.07) is 0. The van der Waals surface area contributed by atoms with Crippen LogP contribution in [0.3, 0.4) is 0 Å². The molecule has 0 amide bonds. The number of carbonyl (C=O) groups excluding carboxylic acids is 2. The Morgan fingerprint density at radius 3 is 2.46 bits per heavy atom. The van der Waals surface area contributed by atoms with Crippen LogP contribution in [0.2, 0.25) is 0 Å². The van der Waals surface area contributed by atoms with Gasteiger partial charge in [0.2, 0.25) is 0 Å². The molecule has 0 aromatic heterocycles. The number of fused-ring (bicyclic) bond motifs is 4. The van der Waals surface area contributed by atoms with E-state index in [4.69, 9.17) is 9.47 Å². The van der Waals surface area contributed by atoms with E-state index in [0.29, 0.717) is 11.8 Å². The molecule has 132 valence electrons. The molecule has 4 aliphatic rings. The largest absolute Gasteiger partial charge is 0.457 e. The fourth-order valence-electron chi connectivity index (χ4n) is 5.75. The number of allylic oxidation sites excluding steroid dienone is 2. The highest BCUT2D eigenvalue weighted by molar-refractivity contribution is 5.78. The van der Waals surface area contributed by atoms with E-state index in [1.807, 2.05) is 13.8 Å². The highest BCUT2D eigenvalue weighted by atomic mass is 16.6. The fourth-order valence-corrected chi connectivity index (χ4v) is 5.75. The monoisotopic (exact) mass is 332 g/mol. The van der Waals surface area contributed by atoms with Gasteiger partial charge in [0.05, 0.1) is 5.92 Å². The molecule has 0 heterocycles. The molecule has 4 bridgehead atoms. The second-order valence-electron chi connectivity index (χ2n) is 8.91. The van der Waals surface area contributed by atoms with Gasteiger partial charge in [-0.1, -0.05) is 12.2 Å². The third-order valence-electron chi connectivity index (χ3n) is 7.30. The van der Waals surface area contributed by atoms with E-state index < -0.39 is 11.6 Å². The lowest BCUT2D eigenvalue weighted by Gasteiger charge is -2.42. The van der Waals surface area contributed by atoms with Gasteiger partial charge in [0.1, 0.15) is 5.60 Å². The number of hydrogen-bond donors (Lipinski definition) is 0. The third kappa shape index (κ3) is 2.58. The third-order valence-corrected chi connectivity index (χ3v) is 7.30. The van der Waals surface area contributed by atoms with Gasteiger partial charge in [0.25, 0.3) is 0 Å². The van der Waals surface area contributed by atoms with E-state index in [1.165, 1.54) is 19.3 Å². The Balaban J connectivity index is 1.29. The minimum Gasteiger partial charge on any atom is -0.457 e. The summed E-state index contributed by atoms with van der Waals surface area (Å²) in [5.74, 6) is 0.938. The van der Waals surface area contributed by atoms with E-state index in [2.05, 4.69) is 12.2 Å². The van der Waals surface area contributed by atoms with Gasteiger partial charge in [-0.3, -0.25) is 4.79 Å². The van der Waals surface area contributed by atoms with E-state index in [9.17, 15) is 9.59 Å². The summed E-state index contributed by atoms with van der Waals surface area (Å²) in [7, 11) is 0. The van der Waals surface area contributed by atoms with Crippen LogP contribution in [-0.2, 0) is 19.1 Å². The van der Waals surface area contributed by atoms with Crippen molar-refractivity contribution in [3.63, 3.8) is 0 Å².